The fourth-order valence-electron chi connectivity index (χ4n) is 2.59. The summed E-state index contributed by atoms with van der Waals surface area (Å²) in [6.07, 6.45) is 0.906. The highest BCUT2D eigenvalue weighted by Gasteiger charge is 2.23. The third-order valence-corrected chi connectivity index (χ3v) is 3.88. The van der Waals surface area contributed by atoms with Crippen molar-refractivity contribution in [1.29, 1.82) is 0 Å². The van der Waals surface area contributed by atoms with Crippen molar-refractivity contribution in [2.45, 2.75) is 19.4 Å². The smallest absolute Gasteiger partial charge is 0.287 e. The minimum atomic E-state index is -0.297. The molecule has 0 saturated heterocycles. The number of hydrogen-bond acceptors (Lipinski definition) is 3. The quantitative estimate of drug-likeness (QED) is 0.651. The average Bonchev–Trinajstić information content (AvgIpc) is 2.65. The van der Waals surface area contributed by atoms with E-state index in [1.165, 1.54) is 0 Å². The fraction of sp³-hybridized carbons (Fsp3) is 0.350. The van der Waals surface area contributed by atoms with E-state index in [-0.39, 0.29) is 11.9 Å². The van der Waals surface area contributed by atoms with Gasteiger partial charge < -0.3 is 20.1 Å². The molecule has 1 atom stereocenters. The average molecular weight is 343 g/mol. The third kappa shape index (κ3) is 6.21. The Morgan fingerprint density at radius 3 is 2.68 bits per heavy atom. The predicted molar refractivity (Wildman–Crippen MR) is 98.7 cm³/mol. The zero-order chi connectivity index (χ0) is 17.9. The van der Waals surface area contributed by atoms with Gasteiger partial charge in [-0.15, -0.1) is 0 Å². The van der Waals surface area contributed by atoms with Crippen LogP contribution < -0.4 is 15.4 Å². The second-order valence-corrected chi connectivity index (χ2v) is 5.68. The second kappa shape index (κ2) is 10.5. The van der Waals surface area contributed by atoms with Gasteiger partial charge in [-0.3, -0.25) is 4.79 Å². The van der Waals surface area contributed by atoms with Crippen LogP contribution in [0.25, 0.3) is 0 Å². The first-order chi connectivity index (χ1) is 12.2. The Balaban J connectivity index is 2.04. The summed E-state index contributed by atoms with van der Waals surface area (Å²) in [6.45, 7) is 4.24. The molecule has 0 aliphatic rings. The molecule has 2 aromatic carbocycles. The molecule has 0 aliphatic heterocycles. The molecule has 0 aromatic heterocycles. The minimum absolute atomic E-state index is 0.0455. The Labute approximate surface area is 149 Å². The number of ether oxygens (including phenoxy) is 2. The van der Waals surface area contributed by atoms with E-state index in [2.05, 4.69) is 10.6 Å². The van der Waals surface area contributed by atoms with Gasteiger partial charge >= 0.3 is 0 Å². The van der Waals surface area contributed by atoms with Gasteiger partial charge in [-0.25, -0.2) is 0 Å². The third-order valence-electron chi connectivity index (χ3n) is 3.88. The number of anilines is 1. The van der Waals surface area contributed by atoms with Crippen LogP contribution in [0, 0.1) is 0 Å². The number of benzene rings is 2. The van der Waals surface area contributed by atoms with Gasteiger partial charge in [-0.05, 0) is 19.1 Å². The molecule has 3 N–H and O–H groups in total. The summed E-state index contributed by atoms with van der Waals surface area (Å²) in [6, 6.07) is 16.9. The molecule has 0 heterocycles. The Bertz CT molecular complexity index is 646. The van der Waals surface area contributed by atoms with Crippen molar-refractivity contribution in [3.63, 3.8) is 0 Å². The zero-order valence-electron chi connectivity index (χ0n) is 14.9. The molecule has 25 heavy (non-hydrogen) atoms. The number of rotatable bonds is 10. The molecule has 134 valence electrons. The molecule has 0 spiro atoms. The standard InChI is InChI=1S/C20H26N2O3/c1-3-25-14-8-13-21-19(16-9-5-4-6-10-16)20(23)22-17-11-7-12-18(15-17)24-2/h4-7,9-12,15,19,21H,3,8,13-14H2,1-2H3,(H,22,23)/p+1/t19-/m1/s1. The van der Waals surface area contributed by atoms with E-state index in [1.807, 2.05) is 61.5 Å². The lowest BCUT2D eigenvalue weighted by molar-refractivity contribution is -0.682. The van der Waals surface area contributed by atoms with E-state index in [0.717, 1.165) is 36.6 Å². The number of amides is 1. The Hall–Kier alpha value is -2.37. The zero-order valence-corrected chi connectivity index (χ0v) is 14.9. The van der Waals surface area contributed by atoms with Gasteiger partial charge in [0.2, 0.25) is 0 Å². The van der Waals surface area contributed by atoms with Gasteiger partial charge in [0.25, 0.3) is 5.91 Å². The van der Waals surface area contributed by atoms with Crippen molar-refractivity contribution in [3.8, 4) is 5.75 Å². The molecule has 0 unspecified atom stereocenters. The largest absolute Gasteiger partial charge is 0.497 e. The lowest BCUT2D eigenvalue weighted by Gasteiger charge is -2.16. The van der Waals surface area contributed by atoms with Crippen LogP contribution in [0.4, 0.5) is 5.69 Å². The van der Waals surface area contributed by atoms with E-state index in [4.69, 9.17) is 9.47 Å². The summed E-state index contributed by atoms with van der Waals surface area (Å²) in [7, 11) is 1.61. The lowest BCUT2D eigenvalue weighted by Crippen LogP contribution is -2.87. The molecular formula is C20H27N2O3+. The number of hydrogen-bond donors (Lipinski definition) is 2. The Morgan fingerprint density at radius 2 is 1.96 bits per heavy atom. The van der Waals surface area contributed by atoms with Gasteiger partial charge in [0.1, 0.15) is 5.75 Å². The molecule has 0 bridgehead atoms. The summed E-state index contributed by atoms with van der Waals surface area (Å²) in [5.74, 6) is 0.672. The van der Waals surface area contributed by atoms with Crippen LogP contribution in [-0.4, -0.2) is 32.8 Å². The molecule has 2 rings (SSSR count). The Kier molecular flexibility index (Phi) is 7.95. The van der Waals surface area contributed by atoms with Crippen molar-refractivity contribution < 1.29 is 19.6 Å². The molecule has 5 heteroatoms. The van der Waals surface area contributed by atoms with Crippen molar-refractivity contribution in [3.05, 3.63) is 60.2 Å². The maximum absolute atomic E-state index is 12.8. The van der Waals surface area contributed by atoms with E-state index in [0.29, 0.717) is 6.61 Å². The number of carbonyl (C=O) groups is 1. The first-order valence-electron chi connectivity index (χ1n) is 8.65. The lowest BCUT2D eigenvalue weighted by atomic mass is 10.1. The highest BCUT2D eigenvalue weighted by atomic mass is 16.5. The van der Waals surface area contributed by atoms with Crippen LogP contribution >= 0.6 is 0 Å². The molecule has 1 amide bonds. The van der Waals surface area contributed by atoms with Crippen LogP contribution in [-0.2, 0) is 9.53 Å². The molecule has 0 saturated carbocycles. The van der Waals surface area contributed by atoms with E-state index < -0.39 is 0 Å². The number of carbonyl (C=O) groups excluding carboxylic acids is 1. The number of quaternary nitrogens is 1. The normalized spacial score (nSPS) is 11.8. The summed E-state index contributed by atoms with van der Waals surface area (Å²) < 4.78 is 10.6. The maximum Gasteiger partial charge on any atom is 0.287 e. The fourth-order valence-corrected chi connectivity index (χ4v) is 2.59. The maximum atomic E-state index is 12.8. The van der Waals surface area contributed by atoms with Crippen LogP contribution in [0.2, 0.25) is 0 Å². The van der Waals surface area contributed by atoms with Crippen molar-refractivity contribution >= 4 is 11.6 Å². The van der Waals surface area contributed by atoms with Gasteiger partial charge in [0.05, 0.1) is 20.3 Å². The summed E-state index contributed by atoms with van der Waals surface area (Å²) in [4.78, 5) is 12.8. The van der Waals surface area contributed by atoms with Gasteiger partial charge in [-0.2, -0.15) is 0 Å². The van der Waals surface area contributed by atoms with Crippen molar-refractivity contribution in [2.75, 3.05) is 32.2 Å². The van der Waals surface area contributed by atoms with E-state index >= 15 is 0 Å². The summed E-state index contributed by atoms with van der Waals surface area (Å²) in [5, 5.41) is 5.05. The SMILES string of the molecule is CCOCCC[NH2+][C@@H](C(=O)Nc1cccc(OC)c1)c1ccccc1. The molecule has 0 fully saturated rings. The van der Waals surface area contributed by atoms with Crippen LogP contribution in [0.1, 0.15) is 24.9 Å². The number of nitrogens with one attached hydrogen (secondary N) is 1. The first kappa shape index (κ1) is 19.0. The van der Waals surface area contributed by atoms with Crippen molar-refractivity contribution in [1.82, 2.24) is 0 Å². The van der Waals surface area contributed by atoms with E-state index in [9.17, 15) is 4.79 Å². The monoisotopic (exact) mass is 343 g/mol. The predicted octanol–water partition coefficient (Wildman–Crippen LogP) is 2.37. The number of methoxy groups -OCH3 is 1. The van der Waals surface area contributed by atoms with Gasteiger partial charge in [0, 0.05) is 30.3 Å². The molecule has 2 aromatic rings. The first-order valence-corrected chi connectivity index (χ1v) is 8.65. The van der Waals surface area contributed by atoms with Crippen molar-refractivity contribution in [2.24, 2.45) is 0 Å². The van der Waals surface area contributed by atoms with E-state index in [1.54, 1.807) is 7.11 Å². The second-order valence-electron chi connectivity index (χ2n) is 5.68. The summed E-state index contributed by atoms with van der Waals surface area (Å²) in [5.41, 5.74) is 1.72. The number of nitrogens with two attached hydrogens (primary N) is 1. The van der Waals surface area contributed by atoms with Crippen LogP contribution in [0.3, 0.4) is 0 Å². The van der Waals surface area contributed by atoms with Gasteiger partial charge in [-0.1, -0.05) is 36.4 Å². The topological polar surface area (TPSA) is 64.2 Å². The molecule has 5 nitrogen and oxygen atoms in total. The Morgan fingerprint density at radius 1 is 1.16 bits per heavy atom. The van der Waals surface area contributed by atoms with Crippen LogP contribution in [0.15, 0.2) is 54.6 Å². The molecule has 0 radical (unpaired) electrons. The van der Waals surface area contributed by atoms with Crippen LogP contribution in [0.5, 0.6) is 5.75 Å². The minimum Gasteiger partial charge on any atom is -0.497 e. The summed E-state index contributed by atoms with van der Waals surface area (Å²) >= 11 is 0. The highest BCUT2D eigenvalue weighted by molar-refractivity contribution is 5.94. The van der Waals surface area contributed by atoms with Gasteiger partial charge in [0.15, 0.2) is 6.04 Å². The molecule has 0 aliphatic carbocycles. The molecular weight excluding hydrogens is 316 g/mol. The highest BCUT2D eigenvalue weighted by Crippen LogP contribution is 2.18.